The molecule has 1 N–H and O–H groups in total. The fraction of sp³-hybridized carbons (Fsp3) is 0.348. The van der Waals surface area contributed by atoms with Crippen molar-refractivity contribution < 1.29 is 22.7 Å². The van der Waals surface area contributed by atoms with Crippen LogP contribution in [-0.2, 0) is 16.4 Å². The molecule has 0 saturated carbocycles. The average molecular weight is 501 g/mol. The van der Waals surface area contributed by atoms with Crippen LogP contribution in [0, 0.1) is 0 Å². The average Bonchev–Trinajstić information content (AvgIpc) is 3.59. The van der Waals surface area contributed by atoms with Gasteiger partial charge in [-0.1, -0.05) is 36.8 Å². The highest BCUT2D eigenvalue weighted by molar-refractivity contribution is 7.89. The van der Waals surface area contributed by atoms with Gasteiger partial charge in [-0.05, 0) is 49.1 Å². The van der Waals surface area contributed by atoms with Crippen molar-refractivity contribution in [3.8, 4) is 11.5 Å². The molecule has 11 heteroatoms. The monoisotopic (exact) mass is 500 g/mol. The minimum Gasteiger partial charge on any atom is -0.454 e. The molecule has 178 valence electrons. The molecular formula is C23H24N4O5S2. The number of amides is 1. The van der Waals surface area contributed by atoms with Gasteiger partial charge in [-0.3, -0.25) is 4.79 Å². The minimum atomic E-state index is -3.69. The lowest BCUT2D eigenvalue weighted by Crippen LogP contribution is -2.30. The number of nitrogens with one attached hydrogen (secondary N) is 1. The zero-order valence-electron chi connectivity index (χ0n) is 18.6. The van der Waals surface area contributed by atoms with Crippen molar-refractivity contribution in [1.29, 1.82) is 0 Å². The van der Waals surface area contributed by atoms with Crippen LogP contribution in [0.5, 0.6) is 11.5 Å². The number of nitrogens with zero attached hydrogens (tertiary/aromatic N) is 3. The van der Waals surface area contributed by atoms with Crippen LogP contribution in [0.3, 0.4) is 0 Å². The standard InChI is InChI=1S/C23H24N4O5S2/c1-2-4-15-6-9-17(10-7-15)34(29,30)27-12-3-5-18(27)22-25-26-23(33-22)21(28)24-16-8-11-19-20(13-16)32-14-31-19/h6-11,13,18H,2-5,12,14H2,1H3,(H,24,28). The molecule has 0 aliphatic carbocycles. The third kappa shape index (κ3) is 4.38. The summed E-state index contributed by atoms with van der Waals surface area (Å²) in [5.41, 5.74) is 1.66. The van der Waals surface area contributed by atoms with E-state index in [4.69, 9.17) is 9.47 Å². The summed E-state index contributed by atoms with van der Waals surface area (Å²) in [5.74, 6) is 0.769. The van der Waals surface area contributed by atoms with E-state index in [9.17, 15) is 13.2 Å². The van der Waals surface area contributed by atoms with Crippen LogP contribution in [0.25, 0.3) is 0 Å². The number of aryl methyl sites for hydroxylation is 1. The Morgan fingerprint density at radius 3 is 2.74 bits per heavy atom. The molecule has 3 heterocycles. The van der Waals surface area contributed by atoms with Gasteiger partial charge in [-0.25, -0.2) is 8.42 Å². The normalized spacial score (nSPS) is 17.7. The first-order chi connectivity index (χ1) is 16.5. The van der Waals surface area contributed by atoms with E-state index < -0.39 is 22.0 Å². The van der Waals surface area contributed by atoms with E-state index in [1.165, 1.54) is 4.31 Å². The van der Waals surface area contributed by atoms with Crippen LogP contribution in [0.1, 0.15) is 52.6 Å². The molecule has 1 fully saturated rings. The molecule has 5 rings (SSSR count). The number of carbonyl (C=O) groups is 1. The van der Waals surface area contributed by atoms with Crippen LogP contribution < -0.4 is 14.8 Å². The van der Waals surface area contributed by atoms with Gasteiger partial charge >= 0.3 is 0 Å². The van der Waals surface area contributed by atoms with E-state index >= 15 is 0 Å². The van der Waals surface area contributed by atoms with Crippen LogP contribution in [0.2, 0.25) is 0 Å². The van der Waals surface area contributed by atoms with E-state index in [-0.39, 0.29) is 16.7 Å². The highest BCUT2D eigenvalue weighted by Crippen LogP contribution is 2.38. The number of ether oxygens (including phenoxy) is 2. The van der Waals surface area contributed by atoms with Crippen molar-refractivity contribution in [1.82, 2.24) is 14.5 Å². The third-order valence-corrected chi connectivity index (χ3v) is 8.77. The second kappa shape index (κ2) is 9.32. The van der Waals surface area contributed by atoms with Crippen molar-refractivity contribution in [2.45, 2.75) is 43.5 Å². The van der Waals surface area contributed by atoms with Gasteiger partial charge in [0, 0.05) is 18.3 Å². The summed E-state index contributed by atoms with van der Waals surface area (Å²) in [7, 11) is -3.69. The summed E-state index contributed by atoms with van der Waals surface area (Å²) in [6.45, 7) is 2.64. The lowest BCUT2D eigenvalue weighted by atomic mass is 10.1. The molecule has 1 amide bonds. The number of fused-ring (bicyclic) bond motifs is 1. The Hall–Kier alpha value is -3.02. The quantitative estimate of drug-likeness (QED) is 0.522. The predicted octanol–water partition coefficient (Wildman–Crippen LogP) is 4.00. The van der Waals surface area contributed by atoms with Crippen LogP contribution >= 0.6 is 11.3 Å². The van der Waals surface area contributed by atoms with Crippen molar-refractivity contribution in [2.75, 3.05) is 18.7 Å². The molecule has 2 aliphatic heterocycles. The van der Waals surface area contributed by atoms with Crippen LogP contribution in [0.4, 0.5) is 5.69 Å². The molecular weight excluding hydrogens is 476 g/mol. The van der Waals surface area contributed by atoms with E-state index in [0.29, 0.717) is 35.2 Å². The maximum absolute atomic E-state index is 13.3. The van der Waals surface area contributed by atoms with Gasteiger partial charge in [0.1, 0.15) is 5.01 Å². The topological polar surface area (TPSA) is 111 Å². The van der Waals surface area contributed by atoms with Crippen molar-refractivity contribution >= 4 is 33.0 Å². The molecule has 1 atom stereocenters. The first kappa shape index (κ1) is 22.8. The molecule has 0 radical (unpaired) electrons. The molecule has 9 nitrogen and oxygen atoms in total. The fourth-order valence-corrected chi connectivity index (χ4v) is 6.76. The Labute approximate surface area is 201 Å². The Bertz CT molecular complexity index is 1310. The first-order valence-corrected chi connectivity index (χ1v) is 13.4. The van der Waals surface area contributed by atoms with E-state index in [1.807, 2.05) is 12.1 Å². The maximum Gasteiger partial charge on any atom is 0.286 e. The van der Waals surface area contributed by atoms with E-state index in [2.05, 4.69) is 22.4 Å². The summed E-state index contributed by atoms with van der Waals surface area (Å²) >= 11 is 1.11. The first-order valence-electron chi connectivity index (χ1n) is 11.1. The van der Waals surface area contributed by atoms with Crippen LogP contribution in [0.15, 0.2) is 47.4 Å². The summed E-state index contributed by atoms with van der Waals surface area (Å²) in [4.78, 5) is 13.0. The minimum absolute atomic E-state index is 0.149. The lowest BCUT2D eigenvalue weighted by molar-refractivity contribution is 0.102. The SMILES string of the molecule is CCCc1ccc(S(=O)(=O)N2CCCC2c2nnc(C(=O)Nc3ccc4c(c3)OCO4)s2)cc1. The smallest absolute Gasteiger partial charge is 0.286 e. The zero-order chi connectivity index (χ0) is 23.7. The molecule has 2 aromatic carbocycles. The molecule has 1 aromatic heterocycles. The predicted molar refractivity (Wildman–Crippen MR) is 127 cm³/mol. The molecule has 1 saturated heterocycles. The number of benzene rings is 2. The fourth-order valence-electron chi connectivity index (χ4n) is 4.15. The second-order valence-corrected chi connectivity index (χ2v) is 11.0. The Morgan fingerprint density at radius 1 is 1.15 bits per heavy atom. The van der Waals surface area contributed by atoms with Gasteiger partial charge in [-0.15, -0.1) is 10.2 Å². The number of sulfonamides is 1. The second-order valence-electron chi connectivity index (χ2n) is 8.14. The molecule has 2 aliphatic rings. The van der Waals surface area contributed by atoms with Gasteiger partial charge in [0.05, 0.1) is 10.9 Å². The maximum atomic E-state index is 13.3. The van der Waals surface area contributed by atoms with E-state index in [1.54, 1.807) is 30.3 Å². The van der Waals surface area contributed by atoms with Crippen molar-refractivity contribution in [3.05, 3.63) is 58.0 Å². The Morgan fingerprint density at radius 2 is 1.94 bits per heavy atom. The van der Waals surface area contributed by atoms with Gasteiger partial charge < -0.3 is 14.8 Å². The number of hydrogen-bond donors (Lipinski definition) is 1. The number of carbonyl (C=O) groups excluding carboxylic acids is 1. The number of rotatable bonds is 7. The molecule has 0 spiro atoms. The zero-order valence-corrected chi connectivity index (χ0v) is 20.2. The summed E-state index contributed by atoms with van der Waals surface area (Å²) < 4.78 is 38.8. The summed E-state index contributed by atoms with van der Waals surface area (Å²) in [6, 6.07) is 11.7. The molecule has 34 heavy (non-hydrogen) atoms. The highest BCUT2D eigenvalue weighted by atomic mass is 32.2. The van der Waals surface area contributed by atoms with E-state index in [0.717, 1.165) is 36.2 Å². The number of hydrogen-bond acceptors (Lipinski definition) is 8. The van der Waals surface area contributed by atoms with Gasteiger partial charge in [-0.2, -0.15) is 4.31 Å². The van der Waals surface area contributed by atoms with Gasteiger partial charge in [0.2, 0.25) is 21.8 Å². The third-order valence-electron chi connectivity index (χ3n) is 5.82. The summed E-state index contributed by atoms with van der Waals surface area (Å²) in [5, 5.41) is 11.7. The van der Waals surface area contributed by atoms with Gasteiger partial charge in [0.25, 0.3) is 5.91 Å². The molecule has 3 aromatic rings. The lowest BCUT2D eigenvalue weighted by Gasteiger charge is -2.22. The molecule has 0 bridgehead atoms. The highest BCUT2D eigenvalue weighted by Gasteiger charge is 2.38. The Balaban J connectivity index is 1.32. The number of aromatic nitrogens is 2. The largest absolute Gasteiger partial charge is 0.454 e. The van der Waals surface area contributed by atoms with Gasteiger partial charge in [0.15, 0.2) is 11.5 Å². The Kier molecular flexibility index (Phi) is 6.24. The van der Waals surface area contributed by atoms with Crippen molar-refractivity contribution in [2.24, 2.45) is 0 Å². The number of anilines is 1. The molecule has 1 unspecified atom stereocenters. The summed E-state index contributed by atoms with van der Waals surface area (Å²) in [6.07, 6.45) is 3.26. The van der Waals surface area contributed by atoms with Crippen LogP contribution in [-0.4, -0.2) is 42.2 Å². The van der Waals surface area contributed by atoms with Crippen molar-refractivity contribution in [3.63, 3.8) is 0 Å².